The van der Waals surface area contributed by atoms with E-state index in [1.165, 1.54) is 4.57 Å². The fourth-order valence-corrected chi connectivity index (χ4v) is 3.98. The quantitative estimate of drug-likeness (QED) is 0.616. The fraction of sp³-hybridized carbons (Fsp3) is 0.333. The van der Waals surface area contributed by atoms with Crippen molar-refractivity contribution in [1.82, 2.24) is 14.5 Å². The van der Waals surface area contributed by atoms with E-state index in [0.717, 1.165) is 22.1 Å². The first-order valence-electron chi connectivity index (χ1n) is 10.2. The minimum atomic E-state index is -0.625. The van der Waals surface area contributed by atoms with Gasteiger partial charge in [0.2, 0.25) is 0 Å². The van der Waals surface area contributed by atoms with Gasteiger partial charge >= 0.3 is 6.09 Å². The van der Waals surface area contributed by atoms with Crippen LogP contribution in [-0.4, -0.2) is 39.2 Å². The summed E-state index contributed by atoms with van der Waals surface area (Å²) < 4.78 is 12.7. The molecule has 0 saturated carbocycles. The van der Waals surface area contributed by atoms with Crippen molar-refractivity contribution < 1.29 is 19.1 Å². The normalized spacial score (nSPS) is 13.2. The molecule has 0 atom stereocenters. The Morgan fingerprint density at radius 1 is 1.28 bits per heavy atom. The molecule has 8 nitrogen and oxygen atoms in total. The number of carbonyl (C=O) groups is 2. The Bertz CT molecular complexity index is 1290. The van der Waals surface area contributed by atoms with Crippen LogP contribution in [0.1, 0.15) is 53.6 Å². The fourth-order valence-electron chi connectivity index (χ4n) is 3.98. The summed E-state index contributed by atoms with van der Waals surface area (Å²) in [6.07, 6.45) is 1.21. The van der Waals surface area contributed by atoms with Gasteiger partial charge < -0.3 is 14.4 Å². The monoisotopic (exact) mass is 432 g/mol. The number of fused-ring (bicyclic) bond motifs is 2. The van der Waals surface area contributed by atoms with Gasteiger partial charge in [-0.15, -0.1) is 0 Å². The third-order valence-corrected chi connectivity index (χ3v) is 5.33. The number of aromatic nitrogens is 2. The molecule has 1 aliphatic heterocycles. The molecule has 0 unspecified atom stereocenters. The molecule has 4 rings (SSSR count). The van der Waals surface area contributed by atoms with Gasteiger partial charge in [-0.05, 0) is 51.5 Å². The van der Waals surface area contributed by atoms with Gasteiger partial charge in [0, 0.05) is 29.3 Å². The molecule has 0 bridgehead atoms. The third kappa shape index (κ3) is 3.66. The summed E-state index contributed by atoms with van der Waals surface area (Å²) >= 11 is 0. The maximum Gasteiger partial charge on any atom is 0.419 e. The van der Waals surface area contributed by atoms with Crippen molar-refractivity contribution in [2.75, 3.05) is 7.11 Å². The van der Waals surface area contributed by atoms with Crippen LogP contribution in [-0.2, 0) is 17.8 Å². The topological polar surface area (TPSA) is 97.5 Å². The molecule has 0 spiro atoms. The largest absolute Gasteiger partial charge is 0.496 e. The van der Waals surface area contributed by atoms with Gasteiger partial charge in [0.05, 0.1) is 19.2 Å². The number of carbonyl (C=O) groups excluding carboxylic acids is 2. The number of amides is 1. The summed E-state index contributed by atoms with van der Waals surface area (Å²) in [6.45, 7) is 8.02. The predicted octanol–water partition coefficient (Wildman–Crippen LogP) is 4.16. The van der Waals surface area contributed by atoms with E-state index in [1.807, 2.05) is 45.9 Å². The van der Waals surface area contributed by atoms with Crippen molar-refractivity contribution in [3.05, 3.63) is 58.5 Å². The summed E-state index contributed by atoms with van der Waals surface area (Å²) in [5.41, 5.74) is 3.03. The minimum absolute atomic E-state index is 0.212. The second-order valence-corrected chi connectivity index (χ2v) is 8.78. The Balaban J connectivity index is 1.75. The number of methoxy groups -OCH3 is 1. The Kier molecular flexibility index (Phi) is 5.13. The lowest BCUT2D eigenvalue weighted by molar-refractivity contribution is 0.0544. The molecule has 0 aliphatic carbocycles. The number of aryl methyl sites for hydroxylation is 1. The molecule has 3 heterocycles. The number of pyridine rings is 1. The van der Waals surface area contributed by atoms with E-state index < -0.39 is 11.7 Å². The number of nitrogens with zero attached hydrogens (tertiary/aromatic N) is 4. The van der Waals surface area contributed by atoms with Crippen LogP contribution in [0, 0.1) is 18.3 Å². The first kappa shape index (κ1) is 21.4. The summed E-state index contributed by atoms with van der Waals surface area (Å²) in [5, 5.41) is 9.90. The molecule has 164 valence electrons. The van der Waals surface area contributed by atoms with E-state index in [4.69, 9.17) is 14.7 Å². The highest BCUT2D eigenvalue weighted by Crippen LogP contribution is 2.35. The molecule has 2 aromatic heterocycles. The standard InChI is InChI=1S/C24H24N4O4/c1-14-10-19(31-5)18(17-8-9-28(21(14)17)23(30)32-24(2,3)4)13-27-12-15-6-7-16(11-25)26-20(15)22(27)29/h6-10H,12-13H2,1-5H3. The van der Waals surface area contributed by atoms with Crippen molar-refractivity contribution in [3.63, 3.8) is 0 Å². The SMILES string of the molecule is COc1cc(C)c2c(ccn2C(=O)OC(C)(C)C)c1CN1Cc2ccc(C#N)nc2C1=O. The third-order valence-electron chi connectivity index (χ3n) is 5.33. The highest BCUT2D eigenvalue weighted by atomic mass is 16.6. The second kappa shape index (κ2) is 7.68. The van der Waals surface area contributed by atoms with E-state index in [9.17, 15) is 9.59 Å². The number of hydrogen-bond acceptors (Lipinski definition) is 6. The number of rotatable bonds is 3. The molecule has 1 amide bonds. The zero-order chi connectivity index (χ0) is 23.2. The number of nitriles is 1. The molecule has 0 fully saturated rings. The van der Waals surface area contributed by atoms with Gasteiger partial charge in [-0.3, -0.25) is 9.36 Å². The lowest BCUT2D eigenvalue weighted by Crippen LogP contribution is -2.27. The molecular formula is C24H24N4O4. The molecule has 0 radical (unpaired) electrons. The molecule has 0 N–H and O–H groups in total. The maximum atomic E-state index is 13.0. The summed E-state index contributed by atoms with van der Waals surface area (Å²) in [5.74, 6) is 0.394. The predicted molar refractivity (Wildman–Crippen MR) is 117 cm³/mol. The lowest BCUT2D eigenvalue weighted by atomic mass is 10.0. The molecule has 1 aliphatic rings. The second-order valence-electron chi connectivity index (χ2n) is 8.78. The molecule has 1 aromatic carbocycles. The van der Waals surface area contributed by atoms with Crippen LogP contribution in [0.15, 0.2) is 30.5 Å². The van der Waals surface area contributed by atoms with Crippen LogP contribution in [0.5, 0.6) is 5.75 Å². The Labute approximate surface area is 186 Å². The van der Waals surface area contributed by atoms with Crippen LogP contribution < -0.4 is 4.74 Å². The van der Waals surface area contributed by atoms with Crippen LogP contribution in [0.3, 0.4) is 0 Å². The van der Waals surface area contributed by atoms with Gasteiger partial charge in [0.1, 0.15) is 28.8 Å². The molecular weight excluding hydrogens is 408 g/mol. The summed E-state index contributed by atoms with van der Waals surface area (Å²) in [6, 6.07) is 9.04. The average Bonchev–Trinajstić information content (AvgIpc) is 3.31. The number of benzene rings is 1. The van der Waals surface area contributed by atoms with Crippen molar-refractivity contribution in [1.29, 1.82) is 5.26 Å². The zero-order valence-electron chi connectivity index (χ0n) is 18.7. The minimum Gasteiger partial charge on any atom is -0.496 e. The summed E-state index contributed by atoms with van der Waals surface area (Å²) in [7, 11) is 1.58. The molecule has 0 saturated heterocycles. The first-order valence-corrected chi connectivity index (χ1v) is 10.2. The van der Waals surface area contributed by atoms with Gasteiger partial charge in [-0.1, -0.05) is 6.07 Å². The van der Waals surface area contributed by atoms with Crippen molar-refractivity contribution >= 4 is 22.9 Å². The lowest BCUT2D eigenvalue weighted by Gasteiger charge is -2.21. The van der Waals surface area contributed by atoms with E-state index in [1.54, 1.807) is 30.3 Å². The molecule has 3 aromatic rings. The average molecular weight is 432 g/mol. The number of ether oxygens (including phenoxy) is 2. The van der Waals surface area contributed by atoms with Crippen LogP contribution in [0.4, 0.5) is 4.79 Å². The van der Waals surface area contributed by atoms with Gasteiger partial charge in [0.25, 0.3) is 5.91 Å². The van der Waals surface area contributed by atoms with Crippen molar-refractivity contribution in [2.24, 2.45) is 0 Å². The van der Waals surface area contributed by atoms with Crippen LogP contribution >= 0.6 is 0 Å². The highest BCUT2D eigenvalue weighted by molar-refractivity contribution is 5.98. The van der Waals surface area contributed by atoms with E-state index in [2.05, 4.69) is 4.98 Å². The van der Waals surface area contributed by atoms with Gasteiger partial charge in [0.15, 0.2) is 0 Å². The molecule has 8 heteroatoms. The summed E-state index contributed by atoms with van der Waals surface area (Å²) in [4.78, 5) is 31.6. The highest BCUT2D eigenvalue weighted by Gasteiger charge is 2.31. The van der Waals surface area contributed by atoms with E-state index in [-0.39, 0.29) is 18.1 Å². The Morgan fingerprint density at radius 3 is 2.69 bits per heavy atom. The van der Waals surface area contributed by atoms with E-state index >= 15 is 0 Å². The smallest absolute Gasteiger partial charge is 0.419 e. The van der Waals surface area contributed by atoms with Gasteiger partial charge in [-0.2, -0.15) is 5.26 Å². The van der Waals surface area contributed by atoms with Crippen molar-refractivity contribution in [3.8, 4) is 11.8 Å². The first-order chi connectivity index (χ1) is 15.1. The van der Waals surface area contributed by atoms with E-state index in [0.29, 0.717) is 23.5 Å². The zero-order valence-corrected chi connectivity index (χ0v) is 18.7. The Morgan fingerprint density at radius 2 is 2.03 bits per heavy atom. The molecule has 32 heavy (non-hydrogen) atoms. The maximum absolute atomic E-state index is 13.0. The van der Waals surface area contributed by atoms with Crippen molar-refractivity contribution in [2.45, 2.75) is 46.4 Å². The van der Waals surface area contributed by atoms with Crippen LogP contribution in [0.2, 0.25) is 0 Å². The van der Waals surface area contributed by atoms with Crippen LogP contribution in [0.25, 0.3) is 10.9 Å². The van der Waals surface area contributed by atoms with Gasteiger partial charge in [-0.25, -0.2) is 9.78 Å². The number of hydrogen-bond donors (Lipinski definition) is 0. The Hall–Kier alpha value is -3.86.